The van der Waals surface area contributed by atoms with E-state index >= 15 is 0 Å². The second kappa shape index (κ2) is 8.48. The zero-order valence-corrected chi connectivity index (χ0v) is 18.3. The van der Waals surface area contributed by atoms with Gasteiger partial charge in [-0.25, -0.2) is 15.0 Å². The van der Waals surface area contributed by atoms with Crippen molar-refractivity contribution in [3.63, 3.8) is 0 Å². The Morgan fingerprint density at radius 2 is 1.10 bits per heavy atom. The highest BCUT2D eigenvalue weighted by molar-refractivity contribution is 6.01. The van der Waals surface area contributed by atoms with Crippen LogP contribution in [0, 0.1) is 34.6 Å². The number of para-hydroxylation sites is 2. The van der Waals surface area contributed by atoms with Crippen LogP contribution >= 0.6 is 0 Å². The minimum atomic E-state index is 0.638. The summed E-state index contributed by atoms with van der Waals surface area (Å²) >= 11 is 0. The molecule has 0 aliphatic carbocycles. The summed E-state index contributed by atoms with van der Waals surface area (Å²) in [5.41, 5.74) is 9.98. The number of aliphatic imine (C=N–C) groups is 2. The fourth-order valence-corrected chi connectivity index (χ4v) is 3.32. The molecule has 0 fully saturated rings. The second-order valence-electron chi connectivity index (χ2n) is 7.59. The van der Waals surface area contributed by atoms with Gasteiger partial charge in [-0.3, -0.25) is 4.99 Å². The Bertz CT molecular complexity index is 997. The summed E-state index contributed by atoms with van der Waals surface area (Å²) in [5, 5.41) is 0. The Balaban J connectivity index is 2.04. The lowest BCUT2D eigenvalue weighted by atomic mass is 10.1. The predicted octanol–water partition coefficient (Wildman–Crippen LogP) is 6.30. The molecule has 4 nitrogen and oxygen atoms in total. The average Bonchev–Trinajstić information content (AvgIpc) is 2.67. The average molecular weight is 385 g/mol. The summed E-state index contributed by atoms with van der Waals surface area (Å²) in [6.07, 6.45) is 0. The topological polar surface area (TPSA) is 50.5 Å². The molecule has 148 valence electrons. The van der Waals surface area contributed by atoms with Crippen molar-refractivity contribution in [1.82, 2.24) is 9.97 Å². The summed E-state index contributed by atoms with van der Waals surface area (Å²) in [7, 11) is 0. The molecule has 0 aliphatic heterocycles. The highest BCUT2D eigenvalue weighted by atomic mass is 14.9. The van der Waals surface area contributed by atoms with Crippen molar-refractivity contribution >= 4 is 22.8 Å². The molecule has 3 rings (SSSR count). The smallest absolute Gasteiger partial charge is 0.174 e. The molecule has 4 heteroatoms. The van der Waals surface area contributed by atoms with E-state index in [0.29, 0.717) is 5.82 Å². The van der Waals surface area contributed by atoms with Crippen molar-refractivity contribution in [3.05, 3.63) is 81.9 Å². The van der Waals surface area contributed by atoms with E-state index in [1.807, 2.05) is 32.9 Å². The minimum absolute atomic E-state index is 0.638. The number of aromatic nitrogens is 2. The first-order valence-corrected chi connectivity index (χ1v) is 9.85. The molecule has 0 saturated heterocycles. The summed E-state index contributed by atoms with van der Waals surface area (Å²) in [5.74, 6) is 0.638. The van der Waals surface area contributed by atoms with Gasteiger partial charge in [0, 0.05) is 5.69 Å². The van der Waals surface area contributed by atoms with Gasteiger partial charge in [0.1, 0.15) is 0 Å². The van der Waals surface area contributed by atoms with Gasteiger partial charge in [0.25, 0.3) is 0 Å². The number of hydrogen-bond donors (Lipinski definition) is 0. The van der Waals surface area contributed by atoms with Gasteiger partial charge < -0.3 is 0 Å². The standard InChI is InChI=1S/C25H28N4/c1-15-10-8-11-16(2)23(15)27-20(6)22-14-19(5)26-25(29-22)21(7)28-24-17(3)12-9-13-18(24)4/h8-14H,1-7H3. The Kier molecular flexibility index (Phi) is 6.02. The Hall–Kier alpha value is -3.14. The van der Waals surface area contributed by atoms with Gasteiger partial charge in [-0.05, 0) is 76.8 Å². The molecule has 0 saturated carbocycles. The van der Waals surface area contributed by atoms with E-state index in [2.05, 4.69) is 63.0 Å². The third-order valence-electron chi connectivity index (χ3n) is 4.99. The minimum Gasteiger partial charge on any atom is -0.251 e. The maximum atomic E-state index is 4.87. The van der Waals surface area contributed by atoms with Crippen molar-refractivity contribution in [3.8, 4) is 0 Å². The van der Waals surface area contributed by atoms with Crippen LogP contribution < -0.4 is 0 Å². The normalized spacial score (nSPS) is 12.4. The van der Waals surface area contributed by atoms with Crippen molar-refractivity contribution in [2.45, 2.75) is 48.5 Å². The Labute approximate surface area is 173 Å². The lowest BCUT2D eigenvalue weighted by Gasteiger charge is -2.09. The molecule has 1 heterocycles. The van der Waals surface area contributed by atoms with Crippen molar-refractivity contribution in [2.75, 3.05) is 0 Å². The summed E-state index contributed by atoms with van der Waals surface area (Å²) < 4.78 is 0. The fourth-order valence-electron chi connectivity index (χ4n) is 3.32. The lowest BCUT2D eigenvalue weighted by molar-refractivity contribution is 1.06. The van der Waals surface area contributed by atoms with Crippen LogP contribution in [0.2, 0.25) is 0 Å². The number of aryl methyl sites for hydroxylation is 5. The number of hydrogen-bond acceptors (Lipinski definition) is 4. The molecule has 0 unspecified atom stereocenters. The fraction of sp³-hybridized carbons (Fsp3) is 0.280. The molecule has 0 atom stereocenters. The number of rotatable bonds is 4. The molecule has 0 aliphatic rings. The molecule has 0 radical (unpaired) electrons. The molecule has 2 aromatic carbocycles. The summed E-state index contributed by atoms with van der Waals surface area (Å²) in [6.45, 7) is 14.2. The molecule has 3 aromatic rings. The van der Waals surface area contributed by atoms with E-state index in [1.54, 1.807) is 0 Å². The third-order valence-corrected chi connectivity index (χ3v) is 4.99. The van der Waals surface area contributed by atoms with Gasteiger partial charge >= 0.3 is 0 Å². The highest BCUT2D eigenvalue weighted by Gasteiger charge is 2.10. The molecule has 1 aromatic heterocycles. The molecule has 0 bridgehead atoms. The molecule has 0 amide bonds. The first-order chi connectivity index (χ1) is 13.8. The van der Waals surface area contributed by atoms with Crippen molar-refractivity contribution in [2.24, 2.45) is 9.98 Å². The molecule has 0 spiro atoms. The maximum Gasteiger partial charge on any atom is 0.174 e. The van der Waals surface area contributed by atoms with E-state index in [1.165, 1.54) is 0 Å². The molecule has 0 N–H and O–H groups in total. The van der Waals surface area contributed by atoms with Gasteiger partial charge in [-0.2, -0.15) is 0 Å². The van der Waals surface area contributed by atoms with Gasteiger partial charge in [-0.15, -0.1) is 0 Å². The molecular formula is C25H28N4. The van der Waals surface area contributed by atoms with Crippen LogP contribution in [0.15, 0.2) is 52.4 Å². The van der Waals surface area contributed by atoms with Gasteiger partial charge in [0.15, 0.2) is 5.82 Å². The van der Waals surface area contributed by atoms with Crippen LogP contribution in [0.1, 0.15) is 53.3 Å². The second-order valence-corrected chi connectivity index (χ2v) is 7.59. The van der Waals surface area contributed by atoms with Crippen LogP contribution in [0.3, 0.4) is 0 Å². The summed E-state index contributed by atoms with van der Waals surface area (Å²) in [6, 6.07) is 14.4. The number of benzene rings is 2. The quantitative estimate of drug-likeness (QED) is 0.496. The first kappa shape index (κ1) is 20.6. The molecule has 29 heavy (non-hydrogen) atoms. The Morgan fingerprint density at radius 3 is 1.59 bits per heavy atom. The van der Waals surface area contributed by atoms with Crippen LogP contribution in [-0.2, 0) is 0 Å². The lowest BCUT2D eigenvalue weighted by Crippen LogP contribution is -2.10. The van der Waals surface area contributed by atoms with Gasteiger partial charge in [0.2, 0.25) is 0 Å². The van der Waals surface area contributed by atoms with Gasteiger partial charge in [0.05, 0.1) is 28.5 Å². The monoisotopic (exact) mass is 384 g/mol. The molecular weight excluding hydrogens is 356 g/mol. The SMILES string of the molecule is CC(=Nc1c(C)cccc1C)c1cc(C)nc(C(C)=Nc2c(C)cccc2C)n1. The van der Waals surface area contributed by atoms with E-state index in [-0.39, 0.29) is 0 Å². The van der Waals surface area contributed by atoms with E-state index in [4.69, 9.17) is 15.0 Å². The predicted molar refractivity (Wildman–Crippen MR) is 122 cm³/mol. The van der Waals surface area contributed by atoms with E-state index < -0.39 is 0 Å². The van der Waals surface area contributed by atoms with Crippen molar-refractivity contribution < 1.29 is 0 Å². The van der Waals surface area contributed by atoms with Crippen LogP contribution in [-0.4, -0.2) is 21.4 Å². The van der Waals surface area contributed by atoms with E-state index in [9.17, 15) is 0 Å². The van der Waals surface area contributed by atoms with E-state index in [0.717, 1.165) is 56.4 Å². The van der Waals surface area contributed by atoms with Crippen LogP contribution in [0.25, 0.3) is 0 Å². The highest BCUT2D eigenvalue weighted by Crippen LogP contribution is 2.25. The number of nitrogens with zero attached hydrogens (tertiary/aromatic N) is 4. The van der Waals surface area contributed by atoms with Crippen molar-refractivity contribution in [1.29, 1.82) is 0 Å². The Morgan fingerprint density at radius 1 is 0.655 bits per heavy atom. The summed E-state index contributed by atoms with van der Waals surface area (Å²) in [4.78, 5) is 19.1. The van der Waals surface area contributed by atoms with Gasteiger partial charge in [-0.1, -0.05) is 36.4 Å². The van der Waals surface area contributed by atoms with Crippen LogP contribution in [0.5, 0.6) is 0 Å². The zero-order valence-electron chi connectivity index (χ0n) is 18.3. The zero-order chi connectivity index (χ0) is 21.1. The maximum absolute atomic E-state index is 4.87. The third kappa shape index (κ3) is 4.65. The first-order valence-electron chi connectivity index (χ1n) is 9.85. The van der Waals surface area contributed by atoms with Crippen LogP contribution in [0.4, 0.5) is 11.4 Å². The largest absolute Gasteiger partial charge is 0.251 e.